The van der Waals surface area contributed by atoms with Crippen LogP contribution in [0.1, 0.15) is 33.6 Å². The average molecular weight is 150 g/mol. The lowest BCUT2D eigenvalue weighted by Gasteiger charge is -1.92. The zero-order valence-corrected chi connectivity index (χ0v) is 7.80. The van der Waals surface area contributed by atoms with E-state index in [1.807, 2.05) is 19.1 Å². The Balaban J connectivity index is 3.71. The van der Waals surface area contributed by atoms with Crippen molar-refractivity contribution in [3.63, 3.8) is 0 Å². The molecule has 62 valence electrons. The molecule has 0 aromatic rings. The van der Waals surface area contributed by atoms with Crippen LogP contribution in [-0.2, 0) is 0 Å². The minimum atomic E-state index is 1.21. The van der Waals surface area contributed by atoms with Gasteiger partial charge in [0.25, 0.3) is 0 Å². The Morgan fingerprint density at radius 3 is 2.45 bits per heavy atom. The van der Waals surface area contributed by atoms with E-state index in [4.69, 9.17) is 0 Å². The van der Waals surface area contributed by atoms with Gasteiger partial charge in [0, 0.05) is 0 Å². The van der Waals surface area contributed by atoms with Gasteiger partial charge in [0.15, 0.2) is 0 Å². The topological polar surface area (TPSA) is 0 Å². The van der Waals surface area contributed by atoms with E-state index in [2.05, 4.69) is 32.1 Å². The van der Waals surface area contributed by atoms with E-state index >= 15 is 0 Å². The van der Waals surface area contributed by atoms with E-state index in [0.717, 1.165) is 0 Å². The van der Waals surface area contributed by atoms with Crippen molar-refractivity contribution in [2.24, 2.45) is 0 Å². The van der Waals surface area contributed by atoms with E-state index in [1.54, 1.807) is 0 Å². The van der Waals surface area contributed by atoms with Crippen molar-refractivity contribution >= 4 is 0 Å². The van der Waals surface area contributed by atoms with Crippen LogP contribution in [0.3, 0.4) is 0 Å². The quantitative estimate of drug-likeness (QED) is 0.534. The van der Waals surface area contributed by atoms with Crippen LogP contribution in [-0.4, -0.2) is 0 Å². The van der Waals surface area contributed by atoms with Crippen molar-refractivity contribution in [1.29, 1.82) is 0 Å². The fourth-order valence-electron chi connectivity index (χ4n) is 0.873. The van der Waals surface area contributed by atoms with Crippen molar-refractivity contribution < 1.29 is 0 Å². The van der Waals surface area contributed by atoms with Crippen LogP contribution in [0.25, 0.3) is 0 Å². The minimum Gasteiger partial charge on any atom is -0.0877 e. The summed E-state index contributed by atoms with van der Waals surface area (Å²) in [5.74, 6) is 0. The third kappa shape index (κ3) is 7.11. The molecule has 0 nitrogen and oxygen atoms in total. The second-order valence-corrected chi connectivity index (χ2v) is 2.67. The summed E-state index contributed by atoms with van der Waals surface area (Å²) >= 11 is 0. The van der Waals surface area contributed by atoms with Crippen LogP contribution in [0.5, 0.6) is 0 Å². The zero-order chi connectivity index (χ0) is 8.53. The van der Waals surface area contributed by atoms with Gasteiger partial charge in [-0.25, -0.2) is 0 Å². The summed E-state index contributed by atoms with van der Waals surface area (Å²) in [4.78, 5) is 0. The van der Waals surface area contributed by atoms with Crippen LogP contribution >= 0.6 is 0 Å². The molecule has 0 rings (SSSR count). The molecule has 0 atom stereocenters. The van der Waals surface area contributed by atoms with E-state index in [-0.39, 0.29) is 0 Å². The predicted octanol–water partition coefficient (Wildman–Crippen LogP) is 3.87. The fraction of sp³-hybridized carbons (Fsp3) is 0.455. The molecule has 0 saturated carbocycles. The molecule has 0 bridgehead atoms. The van der Waals surface area contributed by atoms with Gasteiger partial charge in [-0.3, -0.25) is 0 Å². The van der Waals surface area contributed by atoms with E-state index in [1.165, 1.54) is 18.4 Å². The molecule has 0 aromatic heterocycles. The van der Waals surface area contributed by atoms with Gasteiger partial charge < -0.3 is 0 Å². The average Bonchev–Trinajstić information content (AvgIpc) is 1.99. The molecule has 0 heteroatoms. The highest BCUT2D eigenvalue weighted by Gasteiger charge is 1.81. The molecule has 0 radical (unpaired) electrons. The van der Waals surface area contributed by atoms with Gasteiger partial charge in [-0.2, -0.15) is 0 Å². The summed E-state index contributed by atoms with van der Waals surface area (Å²) in [5, 5.41) is 0. The first kappa shape index (κ1) is 10.2. The predicted molar refractivity (Wildman–Crippen MR) is 52.6 cm³/mol. The van der Waals surface area contributed by atoms with E-state index in [0.29, 0.717) is 0 Å². The molecule has 0 amide bonds. The number of rotatable bonds is 4. The second-order valence-electron chi connectivity index (χ2n) is 2.67. The monoisotopic (exact) mass is 150 g/mol. The molecule has 0 N–H and O–H groups in total. The minimum absolute atomic E-state index is 1.21. The molecule has 0 aliphatic carbocycles. The standard InChI is InChI=1S/C11H18/c1-4-6-7-8-10-11(3)9-5-2/h4,6-8,10H,5,9H2,1-3H3/b6-4-,8-7-,11-10+. The summed E-state index contributed by atoms with van der Waals surface area (Å²) in [6, 6.07) is 0. The Kier molecular flexibility index (Phi) is 6.81. The van der Waals surface area contributed by atoms with Crippen LogP contribution < -0.4 is 0 Å². The lowest BCUT2D eigenvalue weighted by atomic mass is 10.1. The Morgan fingerprint density at radius 2 is 1.91 bits per heavy atom. The van der Waals surface area contributed by atoms with Crippen molar-refractivity contribution in [2.45, 2.75) is 33.6 Å². The third-order valence-corrected chi connectivity index (χ3v) is 1.44. The van der Waals surface area contributed by atoms with Crippen molar-refractivity contribution in [2.75, 3.05) is 0 Å². The van der Waals surface area contributed by atoms with Crippen LogP contribution in [0.2, 0.25) is 0 Å². The normalized spacial score (nSPS) is 13.5. The maximum atomic E-state index is 2.20. The molecular weight excluding hydrogens is 132 g/mol. The van der Waals surface area contributed by atoms with Gasteiger partial charge in [-0.15, -0.1) is 0 Å². The largest absolute Gasteiger partial charge is 0.0877 e. The molecule has 0 spiro atoms. The molecule has 0 aliphatic heterocycles. The SMILES string of the molecule is C\C=C/C=C\C=C(/C)CCC. The first-order chi connectivity index (χ1) is 5.31. The van der Waals surface area contributed by atoms with Gasteiger partial charge >= 0.3 is 0 Å². The van der Waals surface area contributed by atoms with E-state index < -0.39 is 0 Å². The Morgan fingerprint density at radius 1 is 1.18 bits per heavy atom. The van der Waals surface area contributed by atoms with Crippen molar-refractivity contribution in [3.05, 3.63) is 36.0 Å². The molecular formula is C11H18. The summed E-state index contributed by atoms with van der Waals surface area (Å²) in [6.07, 6.45) is 12.8. The van der Waals surface area contributed by atoms with Gasteiger partial charge in [-0.05, 0) is 20.3 Å². The molecule has 0 aliphatic rings. The fourth-order valence-corrected chi connectivity index (χ4v) is 0.873. The molecule has 0 saturated heterocycles. The Labute approximate surface area is 70.3 Å². The number of allylic oxidation sites excluding steroid dienone is 6. The van der Waals surface area contributed by atoms with Crippen LogP contribution in [0.15, 0.2) is 36.0 Å². The lowest BCUT2D eigenvalue weighted by Crippen LogP contribution is -1.71. The maximum absolute atomic E-state index is 2.20. The number of hydrogen-bond donors (Lipinski definition) is 0. The summed E-state index contributed by atoms with van der Waals surface area (Å²) in [7, 11) is 0. The third-order valence-electron chi connectivity index (χ3n) is 1.44. The van der Waals surface area contributed by atoms with Crippen LogP contribution in [0, 0.1) is 0 Å². The Hall–Kier alpha value is -0.780. The summed E-state index contributed by atoms with van der Waals surface area (Å²) < 4.78 is 0. The summed E-state index contributed by atoms with van der Waals surface area (Å²) in [5.41, 5.74) is 1.45. The highest BCUT2D eigenvalue weighted by molar-refractivity contribution is 5.14. The van der Waals surface area contributed by atoms with Gasteiger partial charge in [-0.1, -0.05) is 49.3 Å². The molecule has 0 fully saturated rings. The molecule has 0 heterocycles. The number of hydrogen-bond acceptors (Lipinski definition) is 0. The molecule has 11 heavy (non-hydrogen) atoms. The van der Waals surface area contributed by atoms with Gasteiger partial charge in [0.05, 0.1) is 0 Å². The smallest absolute Gasteiger partial charge is 0.0323 e. The van der Waals surface area contributed by atoms with Crippen LogP contribution in [0.4, 0.5) is 0 Å². The second kappa shape index (κ2) is 7.33. The maximum Gasteiger partial charge on any atom is -0.0323 e. The molecule has 0 unspecified atom stereocenters. The highest BCUT2D eigenvalue weighted by atomic mass is 13.9. The van der Waals surface area contributed by atoms with Crippen molar-refractivity contribution in [1.82, 2.24) is 0 Å². The molecule has 0 aromatic carbocycles. The first-order valence-corrected chi connectivity index (χ1v) is 4.26. The Bertz CT molecular complexity index is 159. The lowest BCUT2D eigenvalue weighted by molar-refractivity contribution is 0.906. The van der Waals surface area contributed by atoms with Gasteiger partial charge in [0.2, 0.25) is 0 Å². The van der Waals surface area contributed by atoms with Gasteiger partial charge in [0.1, 0.15) is 0 Å². The van der Waals surface area contributed by atoms with Crippen molar-refractivity contribution in [3.8, 4) is 0 Å². The summed E-state index contributed by atoms with van der Waals surface area (Å²) in [6.45, 7) is 6.39. The highest BCUT2D eigenvalue weighted by Crippen LogP contribution is 2.02. The first-order valence-electron chi connectivity index (χ1n) is 4.26. The zero-order valence-electron chi connectivity index (χ0n) is 7.80. The van der Waals surface area contributed by atoms with E-state index in [9.17, 15) is 0 Å².